The summed E-state index contributed by atoms with van der Waals surface area (Å²) in [4.78, 5) is 20.9. The number of amides is 2. The van der Waals surface area contributed by atoms with Gasteiger partial charge in [-0.2, -0.15) is 0 Å². The van der Waals surface area contributed by atoms with Gasteiger partial charge in [0.05, 0.1) is 18.4 Å². The number of aromatic nitrogens is 1. The highest BCUT2D eigenvalue weighted by Crippen LogP contribution is 2.16. The molecule has 1 fully saturated rings. The zero-order chi connectivity index (χ0) is 19.8. The third-order valence-electron chi connectivity index (χ3n) is 4.89. The standard InChI is InChI=1S/C22H30N4O2/c1-25(2)15-19-9-4-3-8-18(19)14-24-22(27)26-13-7-11-21(16-26)28-17-20-10-5-6-12-23-20/h3-6,8-10,12,21H,7,11,13-17H2,1-2H3,(H,24,27). The van der Waals surface area contributed by atoms with Crippen LogP contribution in [0.3, 0.4) is 0 Å². The van der Waals surface area contributed by atoms with E-state index in [4.69, 9.17) is 4.74 Å². The molecule has 2 amide bonds. The van der Waals surface area contributed by atoms with Crippen molar-refractivity contribution in [1.29, 1.82) is 0 Å². The van der Waals surface area contributed by atoms with Gasteiger partial charge < -0.3 is 19.9 Å². The van der Waals surface area contributed by atoms with Crippen LogP contribution >= 0.6 is 0 Å². The Bertz CT molecular complexity index is 751. The van der Waals surface area contributed by atoms with E-state index >= 15 is 0 Å². The van der Waals surface area contributed by atoms with E-state index in [1.165, 1.54) is 5.56 Å². The second-order valence-electron chi connectivity index (χ2n) is 7.51. The molecule has 1 unspecified atom stereocenters. The van der Waals surface area contributed by atoms with Gasteiger partial charge in [-0.05, 0) is 50.2 Å². The molecule has 6 heteroatoms. The molecule has 1 aliphatic heterocycles. The number of nitrogens with one attached hydrogen (secondary N) is 1. The largest absolute Gasteiger partial charge is 0.370 e. The maximum Gasteiger partial charge on any atom is 0.317 e. The summed E-state index contributed by atoms with van der Waals surface area (Å²) in [5.74, 6) is 0. The Kier molecular flexibility index (Phi) is 7.39. The quantitative estimate of drug-likeness (QED) is 0.800. The molecule has 0 bridgehead atoms. The van der Waals surface area contributed by atoms with Crippen molar-refractivity contribution < 1.29 is 9.53 Å². The number of ether oxygens (including phenoxy) is 1. The van der Waals surface area contributed by atoms with Crippen molar-refractivity contribution in [3.8, 4) is 0 Å². The van der Waals surface area contributed by atoms with Crippen LogP contribution in [0.5, 0.6) is 0 Å². The van der Waals surface area contributed by atoms with Gasteiger partial charge in [-0.25, -0.2) is 4.79 Å². The third-order valence-corrected chi connectivity index (χ3v) is 4.89. The van der Waals surface area contributed by atoms with Crippen molar-refractivity contribution in [3.63, 3.8) is 0 Å². The van der Waals surface area contributed by atoms with Crippen LogP contribution < -0.4 is 5.32 Å². The summed E-state index contributed by atoms with van der Waals surface area (Å²) < 4.78 is 5.99. The van der Waals surface area contributed by atoms with Gasteiger partial charge in [-0.1, -0.05) is 30.3 Å². The molecule has 0 spiro atoms. The van der Waals surface area contributed by atoms with Gasteiger partial charge in [-0.15, -0.1) is 0 Å². The number of benzene rings is 1. The Balaban J connectivity index is 1.49. The van der Waals surface area contributed by atoms with E-state index in [0.29, 0.717) is 19.7 Å². The minimum atomic E-state index is -0.0224. The molecular formula is C22H30N4O2. The minimum absolute atomic E-state index is 0.0224. The van der Waals surface area contributed by atoms with Crippen LogP contribution in [-0.4, -0.2) is 54.1 Å². The van der Waals surface area contributed by atoms with Crippen LogP contribution in [0.25, 0.3) is 0 Å². The first-order valence-electron chi connectivity index (χ1n) is 9.87. The van der Waals surface area contributed by atoms with E-state index in [0.717, 1.165) is 37.2 Å². The summed E-state index contributed by atoms with van der Waals surface area (Å²) in [5.41, 5.74) is 3.31. The highest BCUT2D eigenvalue weighted by atomic mass is 16.5. The monoisotopic (exact) mass is 382 g/mol. The number of piperidine rings is 1. The van der Waals surface area contributed by atoms with E-state index in [2.05, 4.69) is 27.3 Å². The van der Waals surface area contributed by atoms with Crippen LogP contribution in [0, 0.1) is 0 Å². The highest BCUT2D eigenvalue weighted by molar-refractivity contribution is 5.74. The second-order valence-corrected chi connectivity index (χ2v) is 7.51. The molecule has 28 heavy (non-hydrogen) atoms. The summed E-state index contributed by atoms with van der Waals surface area (Å²) in [7, 11) is 4.10. The number of carbonyl (C=O) groups excluding carboxylic acids is 1. The molecule has 6 nitrogen and oxygen atoms in total. The first-order valence-corrected chi connectivity index (χ1v) is 9.87. The number of rotatable bonds is 7. The summed E-state index contributed by atoms with van der Waals surface area (Å²) >= 11 is 0. The smallest absolute Gasteiger partial charge is 0.317 e. The lowest BCUT2D eigenvalue weighted by Crippen LogP contribution is -2.47. The molecule has 2 aromatic rings. The van der Waals surface area contributed by atoms with Crippen LogP contribution in [0.1, 0.15) is 29.7 Å². The number of hydrogen-bond donors (Lipinski definition) is 1. The number of likely N-dealkylation sites (tertiary alicyclic amines) is 1. The number of nitrogens with zero attached hydrogens (tertiary/aromatic N) is 3. The van der Waals surface area contributed by atoms with Crippen molar-refractivity contribution in [2.45, 2.75) is 38.6 Å². The Hall–Kier alpha value is -2.44. The number of hydrogen-bond acceptors (Lipinski definition) is 4. The van der Waals surface area contributed by atoms with Crippen molar-refractivity contribution in [3.05, 3.63) is 65.5 Å². The fourth-order valence-corrected chi connectivity index (χ4v) is 3.45. The van der Waals surface area contributed by atoms with E-state index in [-0.39, 0.29) is 12.1 Å². The van der Waals surface area contributed by atoms with Gasteiger partial charge in [0.2, 0.25) is 0 Å². The van der Waals surface area contributed by atoms with E-state index < -0.39 is 0 Å². The van der Waals surface area contributed by atoms with Crippen LogP contribution in [-0.2, 0) is 24.4 Å². The molecule has 3 rings (SSSR count). The van der Waals surface area contributed by atoms with Crippen LogP contribution in [0.4, 0.5) is 4.79 Å². The number of pyridine rings is 1. The molecule has 1 saturated heterocycles. The maximum absolute atomic E-state index is 12.7. The fourth-order valence-electron chi connectivity index (χ4n) is 3.45. The lowest BCUT2D eigenvalue weighted by Gasteiger charge is -2.32. The molecule has 1 N–H and O–H groups in total. The molecule has 1 aromatic heterocycles. The second kappa shape index (κ2) is 10.2. The van der Waals surface area contributed by atoms with E-state index in [1.54, 1.807) is 6.20 Å². The van der Waals surface area contributed by atoms with E-state index in [9.17, 15) is 4.79 Å². The third kappa shape index (κ3) is 6.04. The normalized spacial score (nSPS) is 17.0. The summed E-state index contributed by atoms with van der Waals surface area (Å²) in [6, 6.07) is 14.0. The lowest BCUT2D eigenvalue weighted by atomic mass is 10.1. The Morgan fingerprint density at radius 1 is 1.21 bits per heavy atom. The maximum atomic E-state index is 12.7. The fraction of sp³-hybridized carbons (Fsp3) is 0.455. The van der Waals surface area contributed by atoms with Gasteiger partial charge >= 0.3 is 6.03 Å². The van der Waals surface area contributed by atoms with Crippen LogP contribution in [0.2, 0.25) is 0 Å². The first-order chi connectivity index (χ1) is 13.6. The molecule has 1 atom stereocenters. The summed E-state index contributed by atoms with van der Waals surface area (Å²) in [6.45, 7) is 3.28. The SMILES string of the molecule is CN(C)Cc1ccccc1CNC(=O)N1CCCC(OCc2ccccn2)C1. The molecule has 150 valence electrons. The molecule has 0 radical (unpaired) electrons. The number of urea groups is 1. The Morgan fingerprint density at radius 3 is 2.75 bits per heavy atom. The predicted molar refractivity (Wildman–Crippen MR) is 110 cm³/mol. The van der Waals surface area contributed by atoms with Gasteiger partial charge in [0.15, 0.2) is 0 Å². The molecule has 0 saturated carbocycles. The van der Waals surface area contributed by atoms with E-state index in [1.807, 2.05) is 49.3 Å². The van der Waals surface area contributed by atoms with Gasteiger partial charge in [0.1, 0.15) is 0 Å². The van der Waals surface area contributed by atoms with Crippen LogP contribution in [0.15, 0.2) is 48.7 Å². The van der Waals surface area contributed by atoms with Crippen molar-refractivity contribution in [1.82, 2.24) is 20.1 Å². The Labute approximate surface area is 167 Å². The highest BCUT2D eigenvalue weighted by Gasteiger charge is 2.24. The average molecular weight is 383 g/mol. The molecule has 1 aliphatic rings. The van der Waals surface area contributed by atoms with Crippen molar-refractivity contribution in [2.75, 3.05) is 27.2 Å². The van der Waals surface area contributed by atoms with Gasteiger partial charge in [-0.3, -0.25) is 4.98 Å². The molecule has 0 aliphatic carbocycles. The molecule has 2 heterocycles. The van der Waals surface area contributed by atoms with Crippen molar-refractivity contribution in [2.24, 2.45) is 0 Å². The average Bonchev–Trinajstić information content (AvgIpc) is 2.72. The predicted octanol–water partition coefficient (Wildman–Crippen LogP) is 3.03. The number of carbonyl (C=O) groups is 1. The zero-order valence-electron chi connectivity index (χ0n) is 16.8. The van der Waals surface area contributed by atoms with Gasteiger partial charge in [0.25, 0.3) is 0 Å². The van der Waals surface area contributed by atoms with Gasteiger partial charge in [0, 0.05) is 32.4 Å². The first kappa shape index (κ1) is 20.3. The lowest BCUT2D eigenvalue weighted by molar-refractivity contribution is -0.00168. The topological polar surface area (TPSA) is 57.7 Å². The minimum Gasteiger partial charge on any atom is -0.370 e. The molecule has 1 aromatic carbocycles. The summed E-state index contributed by atoms with van der Waals surface area (Å²) in [5, 5.41) is 3.08. The van der Waals surface area contributed by atoms with Crippen molar-refractivity contribution >= 4 is 6.03 Å². The Morgan fingerprint density at radius 2 is 2.00 bits per heavy atom. The summed E-state index contributed by atoms with van der Waals surface area (Å²) in [6.07, 6.45) is 3.76. The zero-order valence-corrected chi connectivity index (χ0v) is 16.8. The molecular weight excluding hydrogens is 352 g/mol.